The van der Waals surface area contributed by atoms with Crippen molar-refractivity contribution < 1.29 is 9.47 Å². The Morgan fingerprint density at radius 1 is 0.525 bits per heavy atom. The van der Waals surface area contributed by atoms with Gasteiger partial charge >= 0.3 is 0 Å². The van der Waals surface area contributed by atoms with Crippen LogP contribution in [0.15, 0.2) is 60.7 Å². The molecule has 4 aromatic rings. The van der Waals surface area contributed by atoms with Crippen LogP contribution in [0.4, 0.5) is 22.7 Å². The highest BCUT2D eigenvalue weighted by Gasteiger charge is 2.30. The zero-order valence-electron chi connectivity index (χ0n) is 24.2. The number of benzene rings is 4. The summed E-state index contributed by atoms with van der Waals surface area (Å²) in [7, 11) is 3.62. The first-order valence-corrected chi connectivity index (χ1v) is 14.7. The fourth-order valence-electron chi connectivity index (χ4n) is 6.63. The molecule has 2 N–H and O–H groups in total. The van der Waals surface area contributed by atoms with E-state index < -0.39 is 0 Å². The van der Waals surface area contributed by atoms with Crippen LogP contribution >= 0.6 is 0 Å². The molecule has 0 spiro atoms. The average Bonchev–Trinajstić information content (AvgIpc) is 2.98. The van der Waals surface area contributed by atoms with Gasteiger partial charge in [-0.1, -0.05) is 36.4 Å². The molecule has 0 heterocycles. The summed E-state index contributed by atoms with van der Waals surface area (Å²) in [6, 6.07) is 21.6. The first kappa shape index (κ1) is 26.3. The lowest BCUT2D eigenvalue weighted by Gasteiger charge is -2.30. The number of nitrogens with one attached hydrogen (secondary N) is 2. The standard InChI is InChI=1S/C36H40N2O2/c1-23-13-5-11-19-29(23)37-31-21-25-15-7-9-17-27(25)33(35(31)39-3)34-28-18-10-8-16-26(28)22-32(36(34)40-4)38-30-20-12-6-14-24(30)2/h5-6,11-14,19-22,37-38H,7-10,15-18H2,1-4H3. The van der Waals surface area contributed by atoms with Crippen molar-refractivity contribution in [2.45, 2.75) is 65.2 Å². The van der Waals surface area contributed by atoms with Crippen LogP contribution in [0.2, 0.25) is 0 Å². The monoisotopic (exact) mass is 532 g/mol. The fraction of sp³-hybridized carbons (Fsp3) is 0.333. The molecule has 0 aromatic heterocycles. The second-order valence-corrected chi connectivity index (χ2v) is 11.2. The lowest BCUT2D eigenvalue weighted by Crippen LogP contribution is -2.13. The zero-order chi connectivity index (χ0) is 27.6. The molecule has 0 fully saturated rings. The van der Waals surface area contributed by atoms with Gasteiger partial charge < -0.3 is 20.1 Å². The number of anilines is 4. The second kappa shape index (κ2) is 11.3. The molecule has 6 rings (SSSR count). The van der Waals surface area contributed by atoms with Crippen molar-refractivity contribution in [3.05, 3.63) is 94.0 Å². The summed E-state index contributed by atoms with van der Waals surface area (Å²) in [5.74, 6) is 1.81. The predicted octanol–water partition coefficient (Wildman–Crippen LogP) is 9.23. The van der Waals surface area contributed by atoms with Crippen molar-refractivity contribution in [2.75, 3.05) is 24.9 Å². The van der Waals surface area contributed by atoms with Gasteiger partial charge in [-0.25, -0.2) is 0 Å². The maximum Gasteiger partial charge on any atom is 0.150 e. The summed E-state index contributed by atoms with van der Waals surface area (Å²) in [4.78, 5) is 0. The molecule has 0 bridgehead atoms. The van der Waals surface area contributed by atoms with E-state index in [1.165, 1.54) is 70.2 Å². The van der Waals surface area contributed by atoms with Crippen LogP contribution in [0, 0.1) is 13.8 Å². The van der Waals surface area contributed by atoms with E-state index in [-0.39, 0.29) is 0 Å². The molecule has 0 radical (unpaired) electrons. The van der Waals surface area contributed by atoms with Crippen LogP contribution in [0.25, 0.3) is 11.1 Å². The quantitative estimate of drug-likeness (QED) is 0.249. The molecule has 0 unspecified atom stereocenters. The van der Waals surface area contributed by atoms with Gasteiger partial charge in [0, 0.05) is 22.5 Å². The van der Waals surface area contributed by atoms with Gasteiger partial charge in [0.25, 0.3) is 0 Å². The van der Waals surface area contributed by atoms with E-state index in [0.29, 0.717) is 0 Å². The molecule has 4 aromatic carbocycles. The zero-order valence-corrected chi connectivity index (χ0v) is 24.2. The summed E-state index contributed by atoms with van der Waals surface area (Å²) < 4.78 is 12.7. The first-order chi connectivity index (χ1) is 19.6. The highest BCUT2D eigenvalue weighted by atomic mass is 16.5. The van der Waals surface area contributed by atoms with Crippen molar-refractivity contribution in [1.29, 1.82) is 0 Å². The first-order valence-electron chi connectivity index (χ1n) is 14.7. The number of hydrogen-bond acceptors (Lipinski definition) is 4. The second-order valence-electron chi connectivity index (χ2n) is 11.2. The van der Waals surface area contributed by atoms with E-state index in [1.807, 2.05) is 14.2 Å². The molecule has 0 aliphatic heterocycles. The summed E-state index contributed by atoms with van der Waals surface area (Å²) in [6.45, 7) is 4.29. The molecular weight excluding hydrogens is 492 g/mol. The van der Waals surface area contributed by atoms with E-state index in [9.17, 15) is 0 Å². The third-order valence-corrected chi connectivity index (χ3v) is 8.69. The molecule has 206 valence electrons. The van der Waals surface area contributed by atoms with Gasteiger partial charge in [0.1, 0.15) is 0 Å². The number of hydrogen-bond donors (Lipinski definition) is 2. The van der Waals surface area contributed by atoms with Crippen LogP contribution in [-0.4, -0.2) is 14.2 Å². The van der Waals surface area contributed by atoms with Gasteiger partial charge in [-0.15, -0.1) is 0 Å². The van der Waals surface area contributed by atoms with Gasteiger partial charge in [-0.05, 0) is 123 Å². The Morgan fingerprint density at radius 3 is 1.32 bits per heavy atom. The number of para-hydroxylation sites is 2. The van der Waals surface area contributed by atoms with Crippen molar-refractivity contribution >= 4 is 22.7 Å². The van der Waals surface area contributed by atoms with Gasteiger partial charge in [-0.2, -0.15) is 0 Å². The summed E-state index contributed by atoms with van der Waals surface area (Å²) in [5, 5.41) is 7.50. The maximum atomic E-state index is 6.34. The van der Waals surface area contributed by atoms with Gasteiger partial charge in [0.05, 0.1) is 25.6 Å². The van der Waals surface area contributed by atoms with E-state index in [1.54, 1.807) is 0 Å². The maximum absolute atomic E-state index is 6.34. The number of rotatable bonds is 7. The minimum Gasteiger partial charge on any atom is -0.494 e. The van der Waals surface area contributed by atoms with Crippen molar-refractivity contribution in [2.24, 2.45) is 0 Å². The molecule has 2 aliphatic carbocycles. The summed E-state index contributed by atoms with van der Waals surface area (Å²) >= 11 is 0. The lowest BCUT2D eigenvalue weighted by atomic mass is 9.79. The van der Waals surface area contributed by atoms with Crippen LogP contribution in [0.1, 0.15) is 59.1 Å². The Kier molecular flexibility index (Phi) is 7.42. The van der Waals surface area contributed by atoms with Crippen LogP contribution < -0.4 is 20.1 Å². The Hall–Kier alpha value is -3.92. The fourth-order valence-corrected chi connectivity index (χ4v) is 6.63. The lowest BCUT2D eigenvalue weighted by molar-refractivity contribution is 0.411. The van der Waals surface area contributed by atoms with Crippen LogP contribution in [-0.2, 0) is 25.7 Å². The largest absolute Gasteiger partial charge is 0.494 e. The molecule has 0 amide bonds. The third-order valence-electron chi connectivity index (χ3n) is 8.69. The Morgan fingerprint density at radius 2 is 0.925 bits per heavy atom. The van der Waals surface area contributed by atoms with E-state index >= 15 is 0 Å². The summed E-state index contributed by atoms with van der Waals surface area (Å²) in [5.41, 5.74) is 14.8. The number of methoxy groups -OCH3 is 2. The van der Waals surface area contributed by atoms with Crippen molar-refractivity contribution in [1.82, 2.24) is 0 Å². The van der Waals surface area contributed by atoms with Gasteiger partial charge in [0.15, 0.2) is 11.5 Å². The molecule has 0 saturated carbocycles. The highest BCUT2D eigenvalue weighted by Crippen LogP contribution is 2.52. The number of ether oxygens (including phenoxy) is 2. The molecule has 0 atom stereocenters. The third kappa shape index (κ3) is 4.81. The van der Waals surface area contributed by atoms with E-state index in [4.69, 9.17) is 9.47 Å². The summed E-state index contributed by atoms with van der Waals surface area (Å²) in [6.07, 6.45) is 9.09. The molecular formula is C36H40N2O2. The average molecular weight is 533 g/mol. The van der Waals surface area contributed by atoms with Crippen LogP contribution in [0.5, 0.6) is 11.5 Å². The van der Waals surface area contributed by atoms with Crippen molar-refractivity contribution in [3.63, 3.8) is 0 Å². The van der Waals surface area contributed by atoms with Crippen LogP contribution in [0.3, 0.4) is 0 Å². The molecule has 4 heteroatoms. The Labute approximate surface area is 238 Å². The molecule has 40 heavy (non-hydrogen) atoms. The molecule has 2 aliphatic rings. The SMILES string of the molecule is COc1c(Nc2ccccc2C)cc2c(c1-c1c3c(cc(Nc4ccccc4C)c1OC)CCCC3)CCCC2. The predicted molar refractivity (Wildman–Crippen MR) is 167 cm³/mol. The smallest absolute Gasteiger partial charge is 0.150 e. The number of aryl methyl sites for hydroxylation is 4. The highest BCUT2D eigenvalue weighted by molar-refractivity contribution is 5.93. The Balaban J connectivity index is 1.62. The Bertz CT molecular complexity index is 1440. The van der Waals surface area contributed by atoms with Crippen molar-refractivity contribution in [3.8, 4) is 22.6 Å². The van der Waals surface area contributed by atoms with E-state index in [2.05, 4.69) is 85.1 Å². The normalized spacial score (nSPS) is 14.2. The minimum atomic E-state index is 0.906. The van der Waals surface area contributed by atoms with E-state index in [0.717, 1.165) is 59.9 Å². The van der Waals surface area contributed by atoms with Gasteiger partial charge in [-0.3, -0.25) is 0 Å². The molecule has 0 saturated heterocycles. The number of fused-ring (bicyclic) bond motifs is 2. The van der Waals surface area contributed by atoms with Gasteiger partial charge in [0.2, 0.25) is 0 Å². The minimum absolute atomic E-state index is 0.906. The molecule has 4 nitrogen and oxygen atoms in total. The topological polar surface area (TPSA) is 42.5 Å².